The van der Waals surface area contributed by atoms with E-state index in [0.717, 1.165) is 16.4 Å². The third-order valence-electron chi connectivity index (χ3n) is 3.73. The van der Waals surface area contributed by atoms with Crippen LogP contribution in [0, 0.1) is 11.6 Å². The van der Waals surface area contributed by atoms with Gasteiger partial charge in [-0.2, -0.15) is 4.31 Å². The number of nitrogens with one attached hydrogen (secondary N) is 1. The van der Waals surface area contributed by atoms with Crippen molar-refractivity contribution in [1.82, 2.24) is 14.5 Å². The van der Waals surface area contributed by atoms with Crippen molar-refractivity contribution >= 4 is 15.9 Å². The summed E-state index contributed by atoms with van der Waals surface area (Å²) < 4.78 is 53.3. The van der Waals surface area contributed by atoms with Crippen LogP contribution in [0.3, 0.4) is 0 Å². The number of hydrogen-bond donors (Lipinski definition) is 1. The molecular formula is C14H19F2N3O3S. The van der Waals surface area contributed by atoms with Gasteiger partial charge in [0.15, 0.2) is 11.6 Å². The average Bonchev–Trinajstić information content (AvgIpc) is 2.75. The molecule has 0 bridgehead atoms. The van der Waals surface area contributed by atoms with Gasteiger partial charge in [-0.25, -0.2) is 17.2 Å². The smallest absolute Gasteiger partial charge is 0.246 e. The van der Waals surface area contributed by atoms with Gasteiger partial charge in [0.05, 0.1) is 6.54 Å². The molecule has 0 atom stereocenters. The number of sulfonamides is 1. The van der Waals surface area contributed by atoms with Gasteiger partial charge in [0.1, 0.15) is 4.90 Å². The van der Waals surface area contributed by atoms with Crippen molar-refractivity contribution in [2.24, 2.45) is 0 Å². The zero-order valence-corrected chi connectivity index (χ0v) is 13.6. The van der Waals surface area contributed by atoms with E-state index >= 15 is 0 Å². The minimum Gasteiger partial charge on any atom is -0.358 e. The molecule has 1 aromatic carbocycles. The second-order valence-corrected chi connectivity index (χ2v) is 7.17. The van der Waals surface area contributed by atoms with E-state index in [1.807, 2.05) is 4.90 Å². The SMILES string of the molecule is CNC(=O)CN1CCCN(S(=O)(=O)c2cccc(F)c2F)CC1. The van der Waals surface area contributed by atoms with Crippen LogP contribution in [0.15, 0.2) is 23.1 Å². The molecule has 1 fully saturated rings. The average molecular weight is 347 g/mol. The lowest BCUT2D eigenvalue weighted by molar-refractivity contribution is -0.121. The zero-order valence-electron chi connectivity index (χ0n) is 12.8. The third kappa shape index (κ3) is 4.04. The molecule has 1 heterocycles. The fraction of sp³-hybridized carbons (Fsp3) is 0.500. The number of carbonyl (C=O) groups is 1. The van der Waals surface area contributed by atoms with Crippen LogP contribution in [-0.4, -0.2) is 63.3 Å². The maximum atomic E-state index is 13.8. The minimum atomic E-state index is -4.10. The van der Waals surface area contributed by atoms with Crippen molar-refractivity contribution in [3.05, 3.63) is 29.8 Å². The number of benzene rings is 1. The molecule has 1 saturated heterocycles. The monoisotopic (exact) mass is 347 g/mol. The Kier molecular flexibility index (Phi) is 5.66. The standard InChI is InChI=1S/C14H19F2N3O3S/c1-17-13(20)10-18-6-3-7-19(9-8-18)23(21,22)12-5-2-4-11(15)14(12)16/h2,4-5H,3,6-10H2,1H3,(H,17,20). The van der Waals surface area contributed by atoms with Crippen molar-refractivity contribution in [3.63, 3.8) is 0 Å². The van der Waals surface area contributed by atoms with Crippen molar-refractivity contribution in [2.75, 3.05) is 39.8 Å². The Bertz CT molecular complexity index is 682. The molecule has 1 aliphatic heterocycles. The topological polar surface area (TPSA) is 69.7 Å². The van der Waals surface area contributed by atoms with Gasteiger partial charge in [0.2, 0.25) is 15.9 Å². The minimum absolute atomic E-state index is 0.120. The fourth-order valence-corrected chi connectivity index (χ4v) is 3.99. The van der Waals surface area contributed by atoms with Crippen LogP contribution >= 0.6 is 0 Å². The molecule has 0 aromatic heterocycles. The summed E-state index contributed by atoms with van der Waals surface area (Å²) in [5.74, 6) is -2.71. The molecule has 128 valence electrons. The molecule has 0 spiro atoms. The van der Waals surface area contributed by atoms with E-state index < -0.39 is 26.6 Å². The third-order valence-corrected chi connectivity index (χ3v) is 5.64. The van der Waals surface area contributed by atoms with Gasteiger partial charge < -0.3 is 5.32 Å². The summed E-state index contributed by atoms with van der Waals surface area (Å²) in [6.45, 7) is 1.41. The summed E-state index contributed by atoms with van der Waals surface area (Å²) in [5.41, 5.74) is 0. The van der Waals surface area contributed by atoms with Gasteiger partial charge in [-0.3, -0.25) is 9.69 Å². The van der Waals surface area contributed by atoms with Crippen molar-refractivity contribution in [1.29, 1.82) is 0 Å². The van der Waals surface area contributed by atoms with Crippen molar-refractivity contribution in [2.45, 2.75) is 11.3 Å². The lowest BCUT2D eigenvalue weighted by Gasteiger charge is -2.21. The summed E-state index contributed by atoms with van der Waals surface area (Å²) in [5, 5.41) is 2.51. The summed E-state index contributed by atoms with van der Waals surface area (Å²) in [6.07, 6.45) is 0.507. The molecular weight excluding hydrogens is 328 g/mol. The van der Waals surface area contributed by atoms with Crippen LogP contribution in [0.25, 0.3) is 0 Å². The molecule has 1 N–H and O–H groups in total. The molecule has 1 amide bonds. The number of nitrogens with zero attached hydrogens (tertiary/aromatic N) is 2. The van der Waals surface area contributed by atoms with E-state index in [4.69, 9.17) is 0 Å². The highest BCUT2D eigenvalue weighted by Crippen LogP contribution is 2.22. The summed E-state index contributed by atoms with van der Waals surface area (Å²) in [7, 11) is -2.57. The highest BCUT2D eigenvalue weighted by molar-refractivity contribution is 7.89. The van der Waals surface area contributed by atoms with E-state index in [9.17, 15) is 22.0 Å². The van der Waals surface area contributed by atoms with E-state index in [2.05, 4.69) is 5.32 Å². The lowest BCUT2D eigenvalue weighted by Crippen LogP contribution is -2.39. The Morgan fingerprint density at radius 1 is 1.22 bits per heavy atom. The lowest BCUT2D eigenvalue weighted by atomic mass is 10.3. The van der Waals surface area contributed by atoms with Gasteiger partial charge in [-0.05, 0) is 25.1 Å². The first-order valence-electron chi connectivity index (χ1n) is 7.23. The molecule has 6 nitrogen and oxygen atoms in total. The number of hydrogen-bond acceptors (Lipinski definition) is 4. The maximum Gasteiger partial charge on any atom is 0.246 e. The van der Waals surface area contributed by atoms with Crippen LogP contribution < -0.4 is 5.32 Å². The fourth-order valence-electron chi connectivity index (χ4n) is 2.45. The first kappa shape index (κ1) is 17.8. The number of rotatable bonds is 4. The van der Waals surface area contributed by atoms with E-state index in [-0.39, 0.29) is 25.5 Å². The van der Waals surface area contributed by atoms with Crippen LogP contribution in [-0.2, 0) is 14.8 Å². The molecule has 0 saturated carbocycles. The number of likely N-dealkylation sites (N-methyl/N-ethyl adjacent to an activating group) is 1. The molecule has 0 unspecified atom stereocenters. The van der Waals surface area contributed by atoms with Gasteiger partial charge in [0.25, 0.3) is 0 Å². The largest absolute Gasteiger partial charge is 0.358 e. The van der Waals surface area contributed by atoms with Crippen LogP contribution in [0.5, 0.6) is 0 Å². The van der Waals surface area contributed by atoms with Crippen molar-refractivity contribution in [3.8, 4) is 0 Å². The Balaban J connectivity index is 2.15. The highest BCUT2D eigenvalue weighted by Gasteiger charge is 2.30. The molecule has 0 aliphatic carbocycles. The number of carbonyl (C=O) groups excluding carboxylic acids is 1. The Morgan fingerprint density at radius 3 is 2.65 bits per heavy atom. The predicted octanol–water partition coefficient (Wildman–Crippen LogP) is 0.407. The summed E-state index contributed by atoms with van der Waals surface area (Å²) in [6, 6.07) is 3.10. The summed E-state index contributed by atoms with van der Waals surface area (Å²) in [4.78, 5) is 12.6. The summed E-state index contributed by atoms with van der Waals surface area (Å²) >= 11 is 0. The second kappa shape index (κ2) is 7.33. The quantitative estimate of drug-likeness (QED) is 0.856. The van der Waals surface area contributed by atoms with Crippen LogP contribution in [0.4, 0.5) is 8.78 Å². The maximum absolute atomic E-state index is 13.8. The van der Waals surface area contributed by atoms with Crippen molar-refractivity contribution < 1.29 is 22.0 Å². The highest BCUT2D eigenvalue weighted by atomic mass is 32.2. The number of amides is 1. The predicted molar refractivity (Wildman–Crippen MR) is 80.2 cm³/mol. The van der Waals surface area contributed by atoms with E-state index in [1.54, 1.807) is 0 Å². The molecule has 2 rings (SSSR count). The molecule has 0 radical (unpaired) electrons. The van der Waals surface area contributed by atoms with Gasteiger partial charge in [-0.1, -0.05) is 6.07 Å². The van der Waals surface area contributed by atoms with Gasteiger partial charge in [0, 0.05) is 26.7 Å². The normalized spacial score (nSPS) is 17.7. The van der Waals surface area contributed by atoms with E-state index in [1.165, 1.54) is 13.1 Å². The molecule has 23 heavy (non-hydrogen) atoms. The van der Waals surface area contributed by atoms with Gasteiger partial charge in [-0.15, -0.1) is 0 Å². The van der Waals surface area contributed by atoms with Gasteiger partial charge >= 0.3 is 0 Å². The molecule has 1 aromatic rings. The first-order valence-corrected chi connectivity index (χ1v) is 8.67. The Hall–Kier alpha value is -1.58. The molecule has 9 heteroatoms. The van der Waals surface area contributed by atoms with Crippen LogP contribution in [0.1, 0.15) is 6.42 Å². The Labute approximate surface area is 134 Å². The number of halogens is 2. The Morgan fingerprint density at radius 2 is 1.96 bits per heavy atom. The molecule has 1 aliphatic rings. The van der Waals surface area contributed by atoms with E-state index in [0.29, 0.717) is 19.5 Å². The zero-order chi connectivity index (χ0) is 17.0. The first-order chi connectivity index (χ1) is 10.9. The van der Waals surface area contributed by atoms with Crippen LogP contribution in [0.2, 0.25) is 0 Å². The second-order valence-electron chi connectivity index (χ2n) is 5.26.